The van der Waals surface area contributed by atoms with Gasteiger partial charge in [-0.15, -0.1) is 11.3 Å². The lowest BCUT2D eigenvalue weighted by atomic mass is 9.98. The van der Waals surface area contributed by atoms with Crippen LogP contribution in [0.15, 0.2) is 40.3 Å². The van der Waals surface area contributed by atoms with Gasteiger partial charge in [0.2, 0.25) is 0 Å². The number of hydrogen-bond donors (Lipinski definition) is 0. The van der Waals surface area contributed by atoms with Crippen molar-refractivity contribution >= 4 is 43.2 Å². The summed E-state index contributed by atoms with van der Waals surface area (Å²) < 4.78 is 1.20. The molecule has 1 aromatic heterocycles. The summed E-state index contributed by atoms with van der Waals surface area (Å²) in [5.41, 5.74) is 1.37. The van der Waals surface area contributed by atoms with Gasteiger partial charge in [0.25, 0.3) is 0 Å². The number of rotatable bonds is 5. The minimum absolute atomic E-state index is 0.597. The largest absolute Gasteiger partial charge is 0.250 e. The fraction of sp³-hybridized carbons (Fsp3) is 0.308. The zero-order chi connectivity index (χ0) is 12.1. The van der Waals surface area contributed by atoms with E-state index in [0.717, 1.165) is 18.2 Å². The number of halogens is 2. The van der Waals surface area contributed by atoms with Crippen molar-refractivity contribution in [1.82, 2.24) is 4.98 Å². The summed E-state index contributed by atoms with van der Waals surface area (Å²) in [6.45, 7) is 0. The second-order valence-corrected chi connectivity index (χ2v) is 6.43. The maximum Gasteiger partial charge on any atom is 0.0927 e. The second kappa shape index (κ2) is 6.66. The first-order chi connectivity index (χ1) is 8.29. The standard InChI is InChI=1S/C13H13Br2NS/c14-9-10(8-13-16-5-6-17-13)7-11-3-1-2-4-12(11)15/h1-6,10H,7-9H2. The van der Waals surface area contributed by atoms with Crippen LogP contribution in [-0.2, 0) is 12.8 Å². The first-order valence-corrected chi connectivity index (χ1v) is 8.26. The Labute approximate surface area is 123 Å². The van der Waals surface area contributed by atoms with E-state index < -0.39 is 0 Å². The van der Waals surface area contributed by atoms with Gasteiger partial charge in [0.15, 0.2) is 0 Å². The van der Waals surface area contributed by atoms with Crippen molar-refractivity contribution < 1.29 is 0 Å². The summed E-state index contributed by atoms with van der Waals surface area (Å²) in [7, 11) is 0. The highest BCUT2D eigenvalue weighted by Gasteiger charge is 2.12. The van der Waals surface area contributed by atoms with Crippen molar-refractivity contribution in [1.29, 1.82) is 0 Å². The molecule has 0 bridgehead atoms. The summed E-state index contributed by atoms with van der Waals surface area (Å²) >= 11 is 8.95. The molecule has 1 nitrogen and oxygen atoms in total. The van der Waals surface area contributed by atoms with Gasteiger partial charge < -0.3 is 0 Å². The number of nitrogens with zero attached hydrogens (tertiary/aromatic N) is 1. The molecule has 1 unspecified atom stereocenters. The van der Waals surface area contributed by atoms with Crippen molar-refractivity contribution in [2.75, 3.05) is 5.33 Å². The predicted octanol–water partition coefficient (Wildman–Crippen LogP) is 4.70. The summed E-state index contributed by atoms with van der Waals surface area (Å²) in [6.07, 6.45) is 4.00. The van der Waals surface area contributed by atoms with Crippen LogP contribution in [0, 0.1) is 5.92 Å². The van der Waals surface area contributed by atoms with Crippen LogP contribution < -0.4 is 0 Å². The smallest absolute Gasteiger partial charge is 0.0927 e. The highest BCUT2D eigenvalue weighted by Crippen LogP contribution is 2.23. The topological polar surface area (TPSA) is 12.9 Å². The van der Waals surface area contributed by atoms with Crippen LogP contribution in [0.5, 0.6) is 0 Å². The molecule has 0 amide bonds. The van der Waals surface area contributed by atoms with Crippen LogP contribution in [0.3, 0.4) is 0 Å². The molecule has 90 valence electrons. The highest BCUT2D eigenvalue weighted by molar-refractivity contribution is 9.10. The Morgan fingerprint density at radius 3 is 2.71 bits per heavy atom. The molecule has 2 aromatic rings. The maximum absolute atomic E-state index is 4.35. The van der Waals surface area contributed by atoms with Gasteiger partial charge in [-0.1, -0.05) is 50.1 Å². The molecule has 17 heavy (non-hydrogen) atoms. The summed E-state index contributed by atoms with van der Waals surface area (Å²) in [5.74, 6) is 0.597. The van der Waals surface area contributed by atoms with E-state index in [1.807, 2.05) is 11.6 Å². The molecule has 0 aliphatic rings. The fourth-order valence-corrected chi connectivity index (χ4v) is 3.39. The highest BCUT2D eigenvalue weighted by atomic mass is 79.9. The van der Waals surface area contributed by atoms with E-state index in [2.05, 4.69) is 61.1 Å². The van der Waals surface area contributed by atoms with Crippen molar-refractivity contribution in [3.05, 3.63) is 50.9 Å². The minimum atomic E-state index is 0.597. The quantitative estimate of drug-likeness (QED) is 0.691. The van der Waals surface area contributed by atoms with E-state index >= 15 is 0 Å². The van der Waals surface area contributed by atoms with Crippen LogP contribution in [0.2, 0.25) is 0 Å². The Kier molecular flexibility index (Phi) is 5.19. The Balaban J connectivity index is 2.03. The molecule has 2 rings (SSSR count). The maximum atomic E-state index is 4.35. The van der Waals surface area contributed by atoms with Crippen LogP contribution in [0.25, 0.3) is 0 Å². The lowest BCUT2D eigenvalue weighted by Gasteiger charge is -2.13. The predicted molar refractivity (Wildman–Crippen MR) is 80.9 cm³/mol. The molecule has 1 aromatic carbocycles. The molecule has 1 atom stereocenters. The Morgan fingerprint density at radius 1 is 1.24 bits per heavy atom. The van der Waals surface area contributed by atoms with Crippen LogP contribution in [0.4, 0.5) is 0 Å². The van der Waals surface area contributed by atoms with E-state index in [9.17, 15) is 0 Å². The fourth-order valence-electron chi connectivity index (χ4n) is 1.76. The van der Waals surface area contributed by atoms with Crippen molar-refractivity contribution in [3.63, 3.8) is 0 Å². The molecule has 0 N–H and O–H groups in total. The molecular formula is C13H13Br2NS. The number of benzene rings is 1. The van der Waals surface area contributed by atoms with Crippen LogP contribution in [-0.4, -0.2) is 10.3 Å². The zero-order valence-corrected chi connectivity index (χ0v) is 13.3. The van der Waals surface area contributed by atoms with Crippen molar-refractivity contribution in [2.45, 2.75) is 12.8 Å². The summed E-state index contributed by atoms with van der Waals surface area (Å²) in [6, 6.07) is 8.43. The average Bonchev–Trinajstić information content (AvgIpc) is 2.84. The minimum Gasteiger partial charge on any atom is -0.250 e. The third-order valence-electron chi connectivity index (χ3n) is 2.63. The summed E-state index contributed by atoms with van der Waals surface area (Å²) in [5, 5.41) is 4.27. The molecule has 4 heteroatoms. The van der Waals surface area contributed by atoms with E-state index in [1.165, 1.54) is 15.0 Å². The van der Waals surface area contributed by atoms with Gasteiger partial charge in [0.1, 0.15) is 0 Å². The normalized spacial score (nSPS) is 12.6. The van der Waals surface area contributed by atoms with Crippen molar-refractivity contribution in [3.8, 4) is 0 Å². The molecule has 0 spiro atoms. The Bertz CT molecular complexity index is 456. The third-order valence-corrected chi connectivity index (χ3v) is 5.12. The lowest BCUT2D eigenvalue weighted by Crippen LogP contribution is -2.10. The monoisotopic (exact) mass is 373 g/mol. The number of thiazole rings is 1. The van der Waals surface area contributed by atoms with Gasteiger partial charge >= 0.3 is 0 Å². The van der Waals surface area contributed by atoms with E-state index in [4.69, 9.17) is 0 Å². The first kappa shape index (κ1) is 13.2. The number of aromatic nitrogens is 1. The lowest BCUT2D eigenvalue weighted by molar-refractivity contribution is 0.588. The van der Waals surface area contributed by atoms with Gasteiger partial charge in [0, 0.05) is 27.8 Å². The van der Waals surface area contributed by atoms with Crippen LogP contribution in [0.1, 0.15) is 10.6 Å². The van der Waals surface area contributed by atoms with Gasteiger partial charge in [0.05, 0.1) is 5.01 Å². The number of alkyl halides is 1. The number of hydrogen-bond acceptors (Lipinski definition) is 2. The average molecular weight is 375 g/mol. The summed E-state index contributed by atoms with van der Waals surface area (Å²) in [4.78, 5) is 4.35. The molecule has 0 aliphatic carbocycles. The second-order valence-electron chi connectivity index (χ2n) is 3.95. The third kappa shape index (κ3) is 3.90. The molecule has 0 aliphatic heterocycles. The van der Waals surface area contributed by atoms with Gasteiger partial charge in [-0.2, -0.15) is 0 Å². The first-order valence-electron chi connectivity index (χ1n) is 5.47. The van der Waals surface area contributed by atoms with Gasteiger partial charge in [-0.3, -0.25) is 0 Å². The zero-order valence-electron chi connectivity index (χ0n) is 9.27. The molecule has 0 radical (unpaired) electrons. The molecule has 0 fully saturated rings. The Morgan fingerprint density at radius 2 is 2.06 bits per heavy atom. The molecule has 1 heterocycles. The van der Waals surface area contributed by atoms with E-state index in [-0.39, 0.29) is 0 Å². The van der Waals surface area contributed by atoms with Gasteiger partial charge in [-0.25, -0.2) is 4.98 Å². The van der Waals surface area contributed by atoms with E-state index in [1.54, 1.807) is 11.3 Å². The molecular weight excluding hydrogens is 362 g/mol. The van der Waals surface area contributed by atoms with E-state index in [0.29, 0.717) is 5.92 Å². The van der Waals surface area contributed by atoms with Crippen molar-refractivity contribution in [2.24, 2.45) is 5.92 Å². The van der Waals surface area contributed by atoms with Crippen LogP contribution >= 0.6 is 43.2 Å². The molecule has 0 saturated carbocycles. The van der Waals surface area contributed by atoms with Gasteiger partial charge in [-0.05, 0) is 24.0 Å². The SMILES string of the molecule is BrCC(Cc1nccs1)Cc1ccccc1Br. The molecule has 0 saturated heterocycles. The Hall–Kier alpha value is -0.190.